The molecule has 0 aliphatic carbocycles. The molecule has 0 unspecified atom stereocenters. The molecule has 3 rings (SSSR count). The number of para-hydroxylation sites is 1. The van der Waals surface area contributed by atoms with Gasteiger partial charge in [-0.05, 0) is 35.7 Å². The Morgan fingerprint density at radius 1 is 1.08 bits per heavy atom. The molecular weight excluding hydrogens is 300 g/mol. The van der Waals surface area contributed by atoms with Crippen molar-refractivity contribution in [1.82, 2.24) is 9.55 Å². The van der Waals surface area contributed by atoms with Crippen LogP contribution in [0.1, 0.15) is 18.9 Å². The van der Waals surface area contributed by atoms with Crippen molar-refractivity contribution in [3.05, 3.63) is 66.7 Å². The number of aromatic nitrogens is 2. The maximum absolute atomic E-state index is 5.94. The largest absolute Gasteiger partial charge is 0.497 e. The fourth-order valence-electron chi connectivity index (χ4n) is 2.68. The second kappa shape index (κ2) is 7.68. The van der Waals surface area contributed by atoms with Gasteiger partial charge in [0.05, 0.1) is 20.0 Å². The molecule has 0 spiro atoms. The van der Waals surface area contributed by atoms with Gasteiger partial charge in [-0.15, -0.1) is 0 Å². The van der Waals surface area contributed by atoms with Gasteiger partial charge in [-0.1, -0.05) is 31.2 Å². The standard InChI is InChI=1S/C20H22N2O2/c1-3-12-24-20-7-5-4-6-18(20)19-13-17(23-2)9-8-16(19)14-22-11-10-21-15-22/h4-11,13,15H,3,12,14H2,1-2H3. The van der Waals surface area contributed by atoms with Gasteiger partial charge >= 0.3 is 0 Å². The topological polar surface area (TPSA) is 36.3 Å². The zero-order chi connectivity index (χ0) is 16.8. The van der Waals surface area contributed by atoms with E-state index in [1.54, 1.807) is 13.3 Å². The summed E-state index contributed by atoms with van der Waals surface area (Å²) >= 11 is 0. The summed E-state index contributed by atoms with van der Waals surface area (Å²) in [5, 5.41) is 0. The third kappa shape index (κ3) is 3.59. The highest BCUT2D eigenvalue weighted by atomic mass is 16.5. The van der Waals surface area contributed by atoms with E-state index in [1.165, 1.54) is 5.56 Å². The summed E-state index contributed by atoms with van der Waals surface area (Å²) in [5.41, 5.74) is 3.40. The smallest absolute Gasteiger partial charge is 0.127 e. The van der Waals surface area contributed by atoms with Crippen molar-refractivity contribution in [1.29, 1.82) is 0 Å². The van der Waals surface area contributed by atoms with Crippen LogP contribution in [0.25, 0.3) is 11.1 Å². The van der Waals surface area contributed by atoms with E-state index < -0.39 is 0 Å². The zero-order valence-corrected chi connectivity index (χ0v) is 14.1. The van der Waals surface area contributed by atoms with Gasteiger partial charge in [0, 0.05) is 24.5 Å². The van der Waals surface area contributed by atoms with E-state index in [0.29, 0.717) is 6.61 Å². The summed E-state index contributed by atoms with van der Waals surface area (Å²) in [7, 11) is 1.69. The monoisotopic (exact) mass is 322 g/mol. The normalized spacial score (nSPS) is 10.6. The molecule has 0 bridgehead atoms. The molecule has 0 aliphatic heterocycles. The van der Waals surface area contributed by atoms with E-state index in [9.17, 15) is 0 Å². The highest BCUT2D eigenvalue weighted by Gasteiger charge is 2.12. The van der Waals surface area contributed by atoms with Gasteiger partial charge in [0.2, 0.25) is 0 Å². The Morgan fingerprint density at radius 3 is 2.71 bits per heavy atom. The number of ether oxygens (including phenoxy) is 2. The number of nitrogens with zero attached hydrogens (tertiary/aromatic N) is 2. The highest BCUT2D eigenvalue weighted by Crippen LogP contribution is 2.35. The van der Waals surface area contributed by atoms with Crippen molar-refractivity contribution in [2.45, 2.75) is 19.9 Å². The van der Waals surface area contributed by atoms with Gasteiger partial charge < -0.3 is 14.0 Å². The first kappa shape index (κ1) is 16.1. The quantitative estimate of drug-likeness (QED) is 0.647. The van der Waals surface area contributed by atoms with Crippen LogP contribution in [0.5, 0.6) is 11.5 Å². The van der Waals surface area contributed by atoms with Gasteiger partial charge in [-0.2, -0.15) is 0 Å². The first-order valence-electron chi connectivity index (χ1n) is 8.16. The molecule has 124 valence electrons. The maximum Gasteiger partial charge on any atom is 0.127 e. The minimum atomic E-state index is 0.706. The summed E-state index contributed by atoms with van der Waals surface area (Å²) in [5.74, 6) is 1.74. The van der Waals surface area contributed by atoms with Gasteiger partial charge in [0.25, 0.3) is 0 Å². The van der Waals surface area contributed by atoms with Crippen molar-refractivity contribution in [3.8, 4) is 22.6 Å². The SMILES string of the molecule is CCCOc1ccccc1-c1cc(OC)ccc1Cn1ccnc1. The molecule has 1 aromatic heterocycles. The van der Waals surface area contributed by atoms with Crippen LogP contribution in [0.15, 0.2) is 61.2 Å². The van der Waals surface area contributed by atoms with Crippen LogP contribution in [0.4, 0.5) is 0 Å². The molecule has 4 heteroatoms. The van der Waals surface area contributed by atoms with Crippen LogP contribution >= 0.6 is 0 Å². The fraction of sp³-hybridized carbons (Fsp3) is 0.250. The first-order chi connectivity index (χ1) is 11.8. The van der Waals surface area contributed by atoms with Crippen molar-refractivity contribution < 1.29 is 9.47 Å². The minimum Gasteiger partial charge on any atom is -0.497 e. The van der Waals surface area contributed by atoms with Crippen LogP contribution in [0, 0.1) is 0 Å². The number of benzene rings is 2. The molecular formula is C20H22N2O2. The molecule has 4 nitrogen and oxygen atoms in total. The lowest BCUT2D eigenvalue weighted by Gasteiger charge is -2.16. The van der Waals surface area contributed by atoms with Crippen molar-refractivity contribution in [2.24, 2.45) is 0 Å². The number of hydrogen-bond donors (Lipinski definition) is 0. The number of methoxy groups -OCH3 is 1. The van der Waals surface area contributed by atoms with E-state index in [1.807, 2.05) is 36.8 Å². The van der Waals surface area contributed by atoms with Gasteiger partial charge in [-0.3, -0.25) is 0 Å². The minimum absolute atomic E-state index is 0.706. The lowest BCUT2D eigenvalue weighted by atomic mass is 9.98. The first-order valence-corrected chi connectivity index (χ1v) is 8.16. The Bertz CT molecular complexity index is 782. The fourth-order valence-corrected chi connectivity index (χ4v) is 2.68. The van der Waals surface area contributed by atoms with Crippen molar-refractivity contribution >= 4 is 0 Å². The molecule has 0 N–H and O–H groups in total. The van der Waals surface area contributed by atoms with E-state index in [-0.39, 0.29) is 0 Å². The van der Waals surface area contributed by atoms with Crippen molar-refractivity contribution in [3.63, 3.8) is 0 Å². The average Bonchev–Trinajstić information content (AvgIpc) is 3.14. The molecule has 0 saturated carbocycles. The summed E-state index contributed by atoms with van der Waals surface area (Å²) in [6.07, 6.45) is 6.57. The van der Waals surface area contributed by atoms with Crippen LogP contribution in [-0.2, 0) is 6.54 Å². The number of hydrogen-bond acceptors (Lipinski definition) is 3. The lowest BCUT2D eigenvalue weighted by molar-refractivity contribution is 0.318. The molecule has 3 aromatic rings. The number of imidazole rings is 1. The molecule has 1 heterocycles. The van der Waals surface area contributed by atoms with Crippen LogP contribution < -0.4 is 9.47 Å². The molecule has 2 aromatic carbocycles. The molecule has 0 saturated heterocycles. The molecule has 0 atom stereocenters. The Labute approximate surface area is 142 Å². The molecule has 24 heavy (non-hydrogen) atoms. The Balaban J connectivity index is 2.05. The summed E-state index contributed by atoms with van der Waals surface area (Å²) in [6, 6.07) is 14.3. The van der Waals surface area contributed by atoms with Gasteiger partial charge in [-0.25, -0.2) is 4.98 Å². The second-order valence-electron chi connectivity index (χ2n) is 5.60. The Kier molecular flexibility index (Phi) is 5.16. The van der Waals surface area contributed by atoms with Gasteiger partial charge in [0.1, 0.15) is 11.5 Å². The summed E-state index contributed by atoms with van der Waals surface area (Å²) < 4.78 is 13.4. The second-order valence-corrected chi connectivity index (χ2v) is 5.60. The summed E-state index contributed by atoms with van der Waals surface area (Å²) in [6.45, 7) is 3.57. The highest BCUT2D eigenvalue weighted by molar-refractivity contribution is 5.74. The van der Waals surface area contributed by atoms with Crippen LogP contribution in [0.3, 0.4) is 0 Å². The molecule has 0 radical (unpaired) electrons. The van der Waals surface area contributed by atoms with E-state index in [0.717, 1.165) is 35.6 Å². The van der Waals surface area contributed by atoms with Crippen LogP contribution in [-0.4, -0.2) is 23.3 Å². The van der Waals surface area contributed by atoms with E-state index in [4.69, 9.17) is 9.47 Å². The maximum atomic E-state index is 5.94. The molecule has 0 amide bonds. The molecule has 0 fully saturated rings. The average molecular weight is 322 g/mol. The number of rotatable bonds is 7. The predicted molar refractivity (Wildman–Crippen MR) is 95.5 cm³/mol. The third-order valence-electron chi connectivity index (χ3n) is 3.87. The van der Waals surface area contributed by atoms with E-state index >= 15 is 0 Å². The van der Waals surface area contributed by atoms with E-state index in [2.05, 4.69) is 34.7 Å². The Hall–Kier alpha value is -2.75. The van der Waals surface area contributed by atoms with Gasteiger partial charge in [0.15, 0.2) is 0 Å². The van der Waals surface area contributed by atoms with Crippen LogP contribution in [0.2, 0.25) is 0 Å². The third-order valence-corrected chi connectivity index (χ3v) is 3.87. The summed E-state index contributed by atoms with van der Waals surface area (Å²) in [4.78, 5) is 4.13. The van der Waals surface area contributed by atoms with Crippen molar-refractivity contribution in [2.75, 3.05) is 13.7 Å². The lowest BCUT2D eigenvalue weighted by Crippen LogP contribution is -2.02. The Morgan fingerprint density at radius 2 is 1.96 bits per heavy atom. The molecule has 0 aliphatic rings. The zero-order valence-electron chi connectivity index (χ0n) is 14.1. The predicted octanol–water partition coefficient (Wildman–Crippen LogP) is 4.40.